The van der Waals surface area contributed by atoms with Crippen LogP contribution in [0.4, 0.5) is 0 Å². The molecule has 0 bridgehead atoms. The SMILES string of the molecule is NCCS(=O)(=O)CCOc1ccc2c(c1)OCO2. The standard InChI is InChI=1S/C11H15NO5S/c12-3-5-18(13,14)6-4-15-9-1-2-10-11(7-9)17-8-16-10/h1-2,7H,3-6,8,12H2. The van der Waals surface area contributed by atoms with Gasteiger partial charge >= 0.3 is 0 Å². The highest BCUT2D eigenvalue weighted by Gasteiger charge is 2.14. The van der Waals surface area contributed by atoms with Crippen molar-refractivity contribution in [2.75, 3.05) is 31.5 Å². The molecule has 6 nitrogen and oxygen atoms in total. The predicted octanol–water partition coefficient (Wildman–Crippen LogP) is 0.168. The molecule has 100 valence electrons. The molecule has 0 radical (unpaired) electrons. The van der Waals surface area contributed by atoms with Gasteiger partial charge in [-0.05, 0) is 12.1 Å². The van der Waals surface area contributed by atoms with Gasteiger partial charge < -0.3 is 19.9 Å². The number of hydrogen-bond acceptors (Lipinski definition) is 6. The third-order valence-electron chi connectivity index (χ3n) is 2.44. The van der Waals surface area contributed by atoms with E-state index in [0.717, 1.165) is 0 Å². The van der Waals surface area contributed by atoms with Gasteiger partial charge in [0.1, 0.15) is 12.4 Å². The molecule has 0 aromatic heterocycles. The Labute approximate surface area is 106 Å². The Morgan fingerprint density at radius 3 is 2.78 bits per heavy atom. The van der Waals surface area contributed by atoms with E-state index in [1.165, 1.54) is 0 Å². The maximum atomic E-state index is 11.4. The number of benzene rings is 1. The smallest absolute Gasteiger partial charge is 0.231 e. The Hall–Kier alpha value is -1.47. The molecule has 1 aliphatic rings. The molecule has 2 rings (SSSR count). The molecule has 0 fully saturated rings. The van der Waals surface area contributed by atoms with Gasteiger partial charge in [0.2, 0.25) is 6.79 Å². The van der Waals surface area contributed by atoms with Crippen molar-refractivity contribution in [2.45, 2.75) is 0 Å². The van der Waals surface area contributed by atoms with Crippen LogP contribution < -0.4 is 19.9 Å². The van der Waals surface area contributed by atoms with Gasteiger partial charge in [-0.1, -0.05) is 0 Å². The summed E-state index contributed by atoms with van der Waals surface area (Å²) in [5, 5.41) is 0. The molecule has 0 amide bonds. The van der Waals surface area contributed by atoms with Crippen molar-refractivity contribution < 1.29 is 22.6 Å². The maximum Gasteiger partial charge on any atom is 0.231 e. The van der Waals surface area contributed by atoms with Crippen molar-refractivity contribution in [2.24, 2.45) is 5.73 Å². The molecule has 0 saturated heterocycles. The van der Waals surface area contributed by atoms with Gasteiger partial charge in [-0.25, -0.2) is 8.42 Å². The number of hydrogen-bond donors (Lipinski definition) is 1. The lowest BCUT2D eigenvalue weighted by Gasteiger charge is -2.07. The van der Waals surface area contributed by atoms with E-state index in [-0.39, 0.29) is 31.5 Å². The molecule has 7 heteroatoms. The second-order valence-corrected chi connectivity index (χ2v) is 6.11. The third kappa shape index (κ3) is 3.27. The van der Waals surface area contributed by atoms with E-state index in [9.17, 15) is 8.42 Å². The monoisotopic (exact) mass is 273 g/mol. The van der Waals surface area contributed by atoms with Crippen LogP contribution in [0, 0.1) is 0 Å². The van der Waals surface area contributed by atoms with Crippen LogP contribution >= 0.6 is 0 Å². The Morgan fingerprint density at radius 2 is 2.00 bits per heavy atom. The summed E-state index contributed by atoms with van der Waals surface area (Å²) in [6.45, 7) is 0.429. The molecule has 1 heterocycles. The molecule has 0 spiro atoms. The van der Waals surface area contributed by atoms with E-state index in [2.05, 4.69) is 0 Å². The lowest BCUT2D eigenvalue weighted by molar-refractivity contribution is 0.174. The minimum atomic E-state index is -3.12. The van der Waals surface area contributed by atoms with Gasteiger partial charge in [0.05, 0.1) is 11.5 Å². The van der Waals surface area contributed by atoms with Crippen LogP contribution in [0.25, 0.3) is 0 Å². The van der Waals surface area contributed by atoms with E-state index in [1.54, 1.807) is 18.2 Å². The van der Waals surface area contributed by atoms with Crippen molar-refractivity contribution in [1.29, 1.82) is 0 Å². The van der Waals surface area contributed by atoms with E-state index in [4.69, 9.17) is 19.9 Å². The number of fused-ring (bicyclic) bond motifs is 1. The fourth-order valence-corrected chi connectivity index (χ4v) is 2.44. The van der Waals surface area contributed by atoms with E-state index in [1.807, 2.05) is 0 Å². The topological polar surface area (TPSA) is 87.9 Å². The van der Waals surface area contributed by atoms with Crippen molar-refractivity contribution in [3.63, 3.8) is 0 Å². The summed E-state index contributed by atoms with van der Waals surface area (Å²) in [5.41, 5.74) is 5.21. The normalized spacial score (nSPS) is 13.6. The molecule has 18 heavy (non-hydrogen) atoms. The number of ether oxygens (including phenoxy) is 3. The molecule has 0 aliphatic carbocycles. The van der Waals surface area contributed by atoms with Gasteiger partial charge in [-0.2, -0.15) is 0 Å². The Kier molecular flexibility index (Phi) is 3.93. The predicted molar refractivity (Wildman–Crippen MR) is 65.8 cm³/mol. The zero-order valence-corrected chi connectivity index (χ0v) is 10.6. The molecule has 1 aromatic carbocycles. The first-order valence-corrected chi connectivity index (χ1v) is 7.36. The summed E-state index contributed by atoms with van der Waals surface area (Å²) in [6, 6.07) is 5.12. The van der Waals surface area contributed by atoms with Crippen molar-refractivity contribution in [3.8, 4) is 17.2 Å². The summed E-state index contributed by atoms with van der Waals surface area (Å²) >= 11 is 0. The second kappa shape index (κ2) is 5.45. The molecule has 0 unspecified atom stereocenters. The van der Waals surface area contributed by atoms with Gasteiger partial charge in [0, 0.05) is 12.6 Å². The number of nitrogens with two attached hydrogens (primary N) is 1. The average molecular weight is 273 g/mol. The number of rotatable bonds is 6. The van der Waals surface area contributed by atoms with Crippen LogP contribution in [0.2, 0.25) is 0 Å². The first kappa shape index (κ1) is 13.0. The minimum absolute atomic E-state index is 0.0164. The second-order valence-electron chi connectivity index (χ2n) is 3.80. The van der Waals surface area contributed by atoms with Crippen molar-refractivity contribution >= 4 is 9.84 Å². The lowest BCUT2D eigenvalue weighted by atomic mass is 10.3. The first-order chi connectivity index (χ1) is 8.61. The zero-order valence-electron chi connectivity index (χ0n) is 9.79. The fourth-order valence-electron chi connectivity index (χ4n) is 1.53. The summed E-state index contributed by atoms with van der Waals surface area (Å²) in [5.74, 6) is 1.77. The van der Waals surface area contributed by atoms with Crippen LogP contribution in [-0.4, -0.2) is 39.9 Å². The molecular weight excluding hydrogens is 258 g/mol. The summed E-state index contributed by atoms with van der Waals surface area (Å²) < 4.78 is 38.5. The number of sulfone groups is 1. The minimum Gasteiger partial charge on any atom is -0.492 e. The van der Waals surface area contributed by atoms with Crippen LogP contribution in [0.15, 0.2) is 18.2 Å². The Bertz CT molecular complexity index is 514. The van der Waals surface area contributed by atoms with Crippen LogP contribution in [0.3, 0.4) is 0 Å². The van der Waals surface area contributed by atoms with Gasteiger partial charge in [-0.15, -0.1) is 0 Å². The zero-order chi connectivity index (χ0) is 13.0. The molecule has 1 aliphatic heterocycles. The maximum absolute atomic E-state index is 11.4. The van der Waals surface area contributed by atoms with E-state index in [0.29, 0.717) is 17.2 Å². The molecule has 0 atom stereocenters. The average Bonchev–Trinajstić information content (AvgIpc) is 2.75. The first-order valence-electron chi connectivity index (χ1n) is 5.54. The fraction of sp³-hybridized carbons (Fsp3) is 0.455. The highest BCUT2D eigenvalue weighted by Crippen LogP contribution is 2.34. The largest absolute Gasteiger partial charge is 0.492 e. The van der Waals surface area contributed by atoms with Crippen molar-refractivity contribution in [3.05, 3.63) is 18.2 Å². The van der Waals surface area contributed by atoms with Crippen molar-refractivity contribution in [1.82, 2.24) is 0 Å². The quantitative estimate of drug-likeness (QED) is 0.794. The lowest BCUT2D eigenvalue weighted by Crippen LogP contribution is -2.21. The van der Waals surface area contributed by atoms with Gasteiger partial charge in [-0.3, -0.25) is 0 Å². The van der Waals surface area contributed by atoms with Gasteiger partial charge in [0.25, 0.3) is 0 Å². The van der Waals surface area contributed by atoms with Gasteiger partial charge in [0.15, 0.2) is 21.3 Å². The summed E-state index contributed by atoms with van der Waals surface area (Å²) in [6.07, 6.45) is 0. The van der Waals surface area contributed by atoms with Crippen LogP contribution in [0.5, 0.6) is 17.2 Å². The Morgan fingerprint density at radius 1 is 1.22 bits per heavy atom. The Balaban J connectivity index is 1.87. The highest BCUT2D eigenvalue weighted by atomic mass is 32.2. The van der Waals surface area contributed by atoms with E-state index < -0.39 is 9.84 Å². The molecule has 1 aromatic rings. The summed E-state index contributed by atoms with van der Waals surface area (Å²) in [4.78, 5) is 0. The van der Waals surface area contributed by atoms with Crippen LogP contribution in [-0.2, 0) is 9.84 Å². The van der Waals surface area contributed by atoms with Crippen LogP contribution in [0.1, 0.15) is 0 Å². The highest BCUT2D eigenvalue weighted by molar-refractivity contribution is 7.91. The molecular formula is C11H15NO5S. The van der Waals surface area contributed by atoms with E-state index >= 15 is 0 Å². The molecule has 0 saturated carbocycles. The molecule has 2 N–H and O–H groups in total. The third-order valence-corrected chi connectivity index (χ3v) is 4.08. The summed E-state index contributed by atoms with van der Waals surface area (Å²) in [7, 11) is -3.12.